The second-order valence-electron chi connectivity index (χ2n) is 4.24. The standard InChI is InChI=1S/C11H13N3O4/c1-6(5-15)12-9-4-8-7(3-11(16)13-8)2-10(9)14(17)18/h2,4,6,12,15H,3,5H2,1H3,(H,13,16). The van der Waals surface area contributed by atoms with Crippen LogP contribution in [-0.4, -0.2) is 28.6 Å². The zero-order valence-corrected chi connectivity index (χ0v) is 9.77. The largest absolute Gasteiger partial charge is 0.394 e. The van der Waals surface area contributed by atoms with Crippen molar-refractivity contribution in [1.82, 2.24) is 0 Å². The molecule has 1 unspecified atom stereocenters. The first-order valence-electron chi connectivity index (χ1n) is 5.50. The van der Waals surface area contributed by atoms with Crippen LogP contribution in [0.5, 0.6) is 0 Å². The monoisotopic (exact) mass is 251 g/mol. The maximum absolute atomic E-state index is 11.2. The number of aliphatic hydroxyl groups is 1. The van der Waals surface area contributed by atoms with Crippen LogP contribution in [0.4, 0.5) is 17.1 Å². The zero-order valence-electron chi connectivity index (χ0n) is 9.77. The molecule has 96 valence electrons. The highest BCUT2D eigenvalue weighted by molar-refractivity contribution is 6.00. The van der Waals surface area contributed by atoms with Gasteiger partial charge in [0.05, 0.1) is 18.0 Å². The van der Waals surface area contributed by atoms with E-state index >= 15 is 0 Å². The van der Waals surface area contributed by atoms with Gasteiger partial charge in [-0.2, -0.15) is 0 Å². The van der Waals surface area contributed by atoms with Gasteiger partial charge in [-0.15, -0.1) is 0 Å². The Labute approximate surface area is 103 Å². The van der Waals surface area contributed by atoms with E-state index in [0.717, 1.165) is 0 Å². The molecule has 0 saturated carbocycles. The predicted molar refractivity (Wildman–Crippen MR) is 65.6 cm³/mol. The van der Waals surface area contributed by atoms with Gasteiger partial charge < -0.3 is 15.7 Å². The number of aliphatic hydroxyl groups excluding tert-OH is 1. The van der Waals surface area contributed by atoms with Crippen LogP contribution in [0.3, 0.4) is 0 Å². The van der Waals surface area contributed by atoms with Crippen LogP contribution in [0.2, 0.25) is 0 Å². The van der Waals surface area contributed by atoms with Crippen LogP contribution in [0.1, 0.15) is 12.5 Å². The van der Waals surface area contributed by atoms with Gasteiger partial charge >= 0.3 is 0 Å². The Morgan fingerprint density at radius 3 is 2.94 bits per heavy atom. The van der Waals surface area contributed by atoms with Crippen molar-refractivity contribution in [2.45, 2.75) is 19.4 Å². The van der Waals surface area contributed by atoms with Crippen LogP contribution in [0.15, 0.2) is 12.1 Å². The van der Waals surface area contributed by atoms with E-state index in [9.17, 15) is 14.9 Å². The van der Waals surface area contributed by atoms with Crippen LogP contribution >= 0.6 is 0 Å². The lowest BCUT2D eigenvalue weighted by Crippen LogP contribution is -2.20. The van der Waals surface area contributed by atoms with Gasteiger partial charge in [-0.3, -0.25) is 14.9 Å². The molecule has 0 radical (unpaired) electrons. The first-order chi connectivity index (χ1) is 8.51. The highest BCUT2D eigenvalue weighted by atomic mass is 16.6. The molecule has 0 aliphatic carbocycles. The number of rotatable bonds is 4. The smallest absolute Gasteiger partial charge is 0.292 e. The molecule has 0 spiro atoms. The van der Waals surface area contributed by atoms with Gasteiger partial charge in [-0.05, 0) is 18.6 Å². The van der Waals surface area contributed by atoms with E-state index in [4.69, 9.17) is 5.11 Å². The molecule has 7 nitrogen and oxygen atoms in total. The molecule has 1 amide bonds. The molecule has 1 aromatic carbocycles. The Hall–Kier alpha value is -2.15. The zero-order chi connectivity index (χ0) is 13.3. The number of nitrogens with one attached hydrogen (secondary N) is 2. The number of nitro groups is 1. The molecule has 7 heteroatoms. The third-order valence-electron chi connectivity index (χ3n) is 2.72. The van der Waals surface area contributed by atoms with E-state index in [1.165, 1.54) is 12.1 Å². The molecule has 18 heavy (non-hydrogen) atoms. The molecule has 0 bridgehead atoms. The Morgan fingerprint density at radius 2 is 2.33 bits per heavy atom. The minimum atomic E-state index is -0.504. The van der Waals surface area contributed by atoms with Gasteiger partial charge in [0.15, 0.2) is 0 Å². The summed E-state index contributed by atoms with van der Waals surface area (Å²) in [6.45, 7) is 1.57. The SMILES string of the molecule is CC(CO)Nc1cc2c(cc1[N+](=O)[O-])CC(=O)N2. The summed E-state index contributed by atoms with van der Waals surface area (Å²) in [5.41, 5.74) is 1.40. The molecular formula is C11H13N3O4. The maximum atomic E-state index is 11.2. The number of nitrogens with zero attached hydrogens (tertiary/aromatic N) is 1. The van der Waals surface area contributed by atoms with Gasteiger partial charge in [0.1, 0.15) is 5.69 Å². The Kier molecular flexibility index (Phi) is 3.15. The van der Waals surface area contributed by atoms with Crippen LogP contribution in [0.25, 0.3) is 0 Å². The van der Waals surface area contributed by atoms with Gasteiger partial charge in [-0.25, -0.2) is 0 Å². The Balaban J connectivity index is 2.41. The number of amides is 1. The molecular weight excluding hydrogens is 238 g/mol. The topological polar surface area (TPSA) is 104 Å². The predicted octanol–water partition coefficient (Wildman–Crippen LogP) is 0.882. The number of benzene rings is 1. The van der Waals surface area contributed by atoms with Crippen molar-refractivity contribution in [3.8, 4) is 0 Å². The number of nitro benzene ring substituents is 1. The van der Waals surface area contributed by atoms with Crippen LogP contribution in [-0.2, 0) is 11.2 Å². The molecule has 1 heterocycles. The Bertz CT molecular complexity index is 515. The molecule has 0 saturated heterocycles. The fraction of sp³-hybridized carbons (Fsp3) is 0.364. The normalized spacial score (nSPS) is 14.9. The van der Waals surface area contributed by atoms with Crippen molar-refractivity contribution < 1.29 is 14.8 Å². The summed E-state index contributed by atoms with van der Waals surface area (Å²) in [6.07, 6.45) is 0.159. The lowest BCUT2D eigenvalue weighted by molar-refractivity contribution is -0.384. The van der Waals surface area contributed by atoms with E-state index in [2.05, 4.69) is 10.6 Å². The van der Waals surface area contributed by atoms with Crippen LogP contribution < -0.4 is 10.6 Å². The average molecular weight is 251 g/mol. The highest BCUT2D eigenvalue weighted by Crippen LogP contribution is 2.34. The number of carbonyl (C=O) groups is 1. The summed E-state index contributed by atoms with van der Waals surface area (Å²) in [5.74, 6) is -0.174. The third kappa shape index (κ3) is 2.25. The van der Waals surface area contributed by atoms with Crippen molar-refractivity contribution >= 4 is 23.0 Å². The summed E-state index contributed by atoms with van der Waals surface area (Å²) in [5, 5.41) is 25.4. The van der Waals surface area contributed by atoms with Gasteiger partial charge in [-0.1, -0.05) is 0 Å². The van der Waals surface area contributed by atoms with Crippen molar-refractivity contribution in [3.05, 3.63) is 27.8 Å². The van der Waals surface area contributed by atoms with Crippen molar-refractivity contribution in [2.75, 3.05) is 17.2 Å². The van der Waals surface area contributed by atoms with Crippen molar-refractivity contribution in [2.24, 2.45) is 0 Å². The summed E-state index contributed by atoms with van der Waals surface area (Å²) in [7, 11) is 0. The number of anilines is 2. The first kappa shape index (κ1) is 12.3. The van der Waals surface area contributed by atoms with Gasteiger partial charge in [0.2, 0.25) is 5.91 Å². The maximum Gasteiger partial charge on any atom is 0.292 e. The lowest BCUT2D eigenvalue weighted by atomic mass is 10.1. The fourth-order valence-corrected chi connectivity index (χ4v) is 1.84. The third-order valence-corrected chi connectivity index (χ3v) is 2.72. The van der Waals surface area contributed by atoms with E-state index in [-0.39, 0.29) is 30.7 Å². The molecule has 1 aliphatic heterocycles. The minimum Gasteiger partial charge on any atom is -0.394 e. The molecule has 0 aromatic heterocycles. The van der Waals surface area contributed by atoms with Crippen molar-refractivity contribution in [1.29, 1.82) is 0 Å². The van der Waals surface area contributed by atoms with E-state index < -0.39 is 4.92 Å². The summed E-state index contributed by atoms with van der Waals surface area (Å²) in [4.78, 5) is 21.7. The van der Waals surface area contributed by atoms with Crippen molar-refractivity contribution in [3.63, 3.8) is 0 Å². The van der Waals surface area contributed by atoms with E-state index in [1.807, 2.05) is 0 Å². The quantitative estimate of drug-likeness (QED) is 0.544. The lowest BCUT2D eigenvalue weighted by Gasteiger charge is -2.13. The molecule has 1 aliphatic rings. The van der Waals surface area contributed by atoms with Gasteiger partial charge in [0.25, 0.3) is 5.69 Å². The van der Waals surface area contributed by atoms with Gasteiger partial charge in [0, 0.05) is 17.8 Å². The molecule has 0 fully saturated rings. The summed E-state index contributed by atoms with van der Waals surface area (Å²) in [6, 6.07) is 2.61. The highest BCUT2D eigenvalue weighted by Gasteiger charge is 2.24. The second-order valence-corrected chi connectivity index (χ2v) is 4.24. The second kappa shape index (κ2) is 4.61. The van der Waals surface area contributed by atoms with E-state index in [0.29, 0.717) is 16.9 Å². The number of hydrogen-bond donors (Lipinski definition) is 3. The number of carbonyl (C=O) groups excluding carboxylic acids is 1. The molecule has 2 rings (SSSR count). The van der Waals surface area contributed by atoms with E-state index in [1.54, 1.807) is 6.92 Å². The number of fused-ring (bicyclic) bond motifs is 1. The fourth-order valence-electron chi connectivity index (χ4n) is 1.84. The average Bonchev–Trinajstić information content (AvgIpc) is 2.66. The minimum absolute atomic E-state index is 0.0921. The Morgan fingerprint density at radius 1 is 1.61 bits per heavy atom. The molecule has 1 aromatic rings. The molecule has 3 N–H and O–H groups in total. The summed E-state index contributed by atoms with van der Waals surface area (Å²) < 4.78 is 0. The molecule has 1 atom stereocenters. The number of hydrogen-bond acceptors (Lipinski definition) is 5. The first-order valence-corrected chi connectivity index (χ1v) is 5.50. The van der Waals surface area contributed by atoms with Crippen LogP contribution in [0, 0.1) is 10.1 Å². The summed E-state index contributed by atoms with van der Waals surface area (Å²) >= 11 is 0.